The lowest BCUT2D eigenvalue weighted by molar-refractivity contribution is -0.144. The van der Waals surface area contributed by atoms with E-state index in [1.807, 2.05) is 31.2 Å². The zero-order valence-electron chi connectivity index (χ0n) is 37.1. The second kappa shape index (κ2) is 22.1. The normalized spacial score (nSPS) is 14.6. The molecule has 4 heterocycles. The monoisotopic (exact) mass is 864 g/mol. The molecule has 0 bridgehead atoms. The van der Waals surface area contributed by atoms with Crippen LogP contribution in [0, 0.1) is 19.7 Å². The van der Waals surface area contributed by atoms with E-state index in [1.54, 1.807) is 19.1 Å². The number of nitrogens with one attached hydrogen (secondary N) is 2. The van der Waals surface area contributed by atoms with E-state index in [4.69, 9.17) is 28.4 Å². The van der Waals surface area contributed by atoms with E-state index in [1.165, 1.54) is 27.8 Å². The average molecular weight is 865 g/mol. The fourth-order valence-electron chi connectivity index (χ4n) is 8.70. The van der Waals surface area contributed by atoms with Gasteiger partial charge in [-0.2, -0.15) is 0 Å². The number of carbonyl (C=O) groups is 2. The zero-order chi connectivity index (χ0) is 44.1. The van der Waals surface area contributed by atoms with E-state index in [0.717, 1.165) is 80.0 Å². The molecule has 8 rings (SSSR count). The van der Waals surface area contributed by atoms with Gasteiger partial charge in [0.1, 0.15) is 24.7 Å². The summed E-state index contributed by atoms with van der Waals surface area (Å²) in [5, 5.41) is 1.55. The first-order chi connectivity index (χ1) is 30.7. The Morgan fingerprint density at radius 1 is 0.651 bits per heavy atom. The van der Waals surface area contributed by atoms with E-state index < -0.39 is 0 Å². The Morgan fingerprint density at radius 2 is 1.17 bits per heavy atom. The van der Waals surface area contributed by atoms with Gasteiger partial charge in [-0.25, -0.2) is 4.39 Å². The molecule has 2 aromatic heterocycles. The summed E-state index contributed by atoms with van der Waals surface area (Å²) in [5.74, 6) is 1.80. The fourth-order valence-corrected chi connectivity index (χ4v) is 8.70. The Kier molecular flexibility index (Phi) is 15.9. The molecule has 63 heavy (non-hydrogen) atoms. The lowest BCUT2D eigenvalue weighted by Crippen LogP contribution is -2.15. The van der Waals surface area contributed by atoms with Crippen LogP contribution in [0.1, 0.15) is 112 Å². The Morgan fingerprint density at radius 3 is 1.71 bits per heavy atom. The Balaban J connectivity index is 0.000000237. The Hall–Kier alpha value is -5.65. The maximum Gasteiger partial charge on any atom is 0.306 e. The van der Waals surface area contributed by atoms with Gasteiger partial charge in [-0.05, 0) is 147 Å². The average Bonchev–Trinajstić information content (AvgIpc) is 3.86. The SMILES string of the molecule is CCOC(=O)CCc1[nH]c2ccc(OCc3ccc(C4CCOCC4)c(C)c3)cc2c1F.CCOC(=O)CCc1cc2cc(OCc3ccc(C4CCOCC4)c(C)c3)ccc2[nH]1.[HH].[HH]. The number of aromatic nitrogens is 2. The summed E-state index contributed by atoms with van der Waals surface area (Å²) in [7, 11) is 0. The number of halogens is 1. The van der Waals surface area contributed by atoms with Gasteiger partial charge in [0, 0.05) is 63.2 Å². The minimum atomic E-state index is -0.341. The van der Waals surface area contributed by atoms with Gasteiger partial charge >= 0.3 is 11.9 Å². The Labute approximate surface area is 372 Å². The first-order valence-electron chi connectivity index (χ1n) is 22.5. The van der Waals surface area contributed by atoms with Crippen LogP contribution < -0.4 is 9.47 Å². The van der Waals surface area contributed by atoms with Crippen molar-refractivity contribution in [3.05, 3.63) is 129 Å². The molecule has 0 amide bonds. The van der Waals surface area contributed by atoms with Crippen molar-refractivity contribution in [1.82, 2.24) is 9.97 Å². The van der Waals surface area contributed by atoms with Crippen molar-refractivity contribution in [2.24, 2.45) is 0 Å². The quantitative estimate of drug-likeness (QED) is 0.0923. The summed E-state index contributed by atoms with van der Waals surface area (Å²) in [4.78, 5) is 29.6. The van der Waals surface area contributed by atoms with Crippen molar-refractivity contribution >= 4 is 33.7 Å². The van der Waals surface area contributed by atoms with Crippen LogP contribution in [0.4, 0.5) is 4.39 Å². The molecule has 6 aromatic rings. The number of aromatic amines is 2. The number of carbonyl (C=O) groups excluding carboxylic acids is 2. The molecule has 0 aliphatic carbocycles. The molecular formula is C52H65FN2O8. The predicted molar refractivity (Wildman–Crippen MR) is 247 cm³/mol. The maximum absolute atomic E-state index is 14.8. The van der Waals surface area contributed by atoms with Crippen molar-refractivity contribution in [3.63, 3.8) is 0 Å². The van der Waals surface area contributed by atoms with Crippen molar-refractivity contribution in [3.8, 4) is 11.5 Å². The molecule has 0 unspecified atom stereocenters. The van der Waals surface area contributed by atoms with Crippen molar-refractivity contribution in [2.45, 2.75) is 104 Å². The van der Waals surface area contributed by atoms with Crippen molar-refractivity contribution in [2.75, 3.05) is 39.6 Å². The highest BCUT2D eigenvalue weighted by Crippen LogP contribution is 2.32. The van der Waals surface area contributed by atoms with Gasteiger partial charge in [0.05, 0.1) is 31.7 Å². The van der Waals surface area contributed by atoms with Crippen LogP contribution in [-0.2, 0) is 54.6 Å². The largest absolute Gasteiger partial charge is 0.489 e. The highest BCUT2D eigenvalue weighted by Gasteiger charge is 2.20. The molecule has 0 atom stereocenters. The van der Waals surface area contributed by atoms with Crippen LogP contribution in [0.5, 0.6) is 11.5 Å². The van der Waals surface area contributed by atoms with Gasteiger partial charge in [0.25, 0.3) is 0 Å². The number of hydrogen-bond acceptors (Lipinski definition) is 8. The van der Waals surface area contributed by atoms with Gasteiger partial charge < -0.3 is 38.4 Å². The van der Waals surface area contributed by atoms with Gasteiger partial charge in [-0.3, -0.25) is 9.59 Å². The molecule has 2 aliphatic heterocycles. The van der Waals surface area contributed by atoms with E-state index in [2.05, 4.69) is 66.3 Å². The molecule has 0 spiro atoms. The van der Waals surface area contributed by atoms with E-state index in [0.29, 0.717) is 73.5 Å². The first-order valence-corrected chi connectivity index (χ1v) is 22.5. The van der Waals surface area contributed by atoms with Crippen molar-refractivity contribution < 1.29 is 45.3 Å². The molecule has 0 radical (unpaired) electrons. The number of esters is 2. The van der Waals surface area contributed by atoms with Crippen LogP contribution >= 0.6 is 0 Å². The summed E-state index contributed by atoms with van der Waals surface area (Å²) in [6.07, 6.45) is 5.79. The maximum atomic E-state index is 14.8. The highest BCUT2D eigenvalue weighted by molar-refractivity contribution is 5.83. The highest BCUT2D eigenvalue weighted by atomic mass is 19.1. The van der Waals surface area contributed by atoms with Gasteiger partial charge in [0.2, 0.25) is 0 Å². The molecule has 0 saturated carbocycles. The lowest BCUT2D eigenvalue weighted by Gasteiger charge is -2.24. The van der Waals surface area contributed by atoms with E-state index >= 15 is 0 Å². The molecule has 10 nitrogen and oxygen atoms in total. The van der Waals surface area contributed by atoms with Crippen molar-refractivity contribution in [1.29, 1.82) is 0 Å². The molecule has 338 valence electrons. The van der Waals surface area contributed by atoms with E-state index in [9.17, 15) is 14.0 Å². The first kappa shape index (κ1) is 45.4. The minimum absolute atomic E-state index is 0. The molecule has 2 fully saturated rings. The summed E-state index contributed by atoms with van der Waals surface area (Å²) >= 11 is 0. The summed E-state index contributed by atoms with van der Waals surface area (Å²) in [5.41, 5.74) is 10.9. The van der Waals surface area contributed by atoms with Crippen LogP contribution in [0.25, 0.3) is 21.8 Å². The molecule has 2 saturated heterocycles. The zero-order valence-corrected chi connectivity index (χ0v) is 37.1. The number of hydrogen-bond donors (Lipinski definition) is 2. The van der Waals surface area contributed by atoms with Crippen LogP contribution in [-0.4, -0.2) is 61.5 Å². The number of aryl methyl sites for hydroxylation is 4. The molecule has 11 heteroatoms. The lowest BCUT2D eigenvalue weighted by atomic mass is 9.88. The van der Waals surface area contributed by atoms with Gasteiger partial charge in [-0.15, -0.1) is 0 Å². The molecule has 2 N–H and O–H groups in total. The predicted octanol–water partition coefficient (Wildman–Crippen LogP) is 11.5. The Bertz CT molecular complexity index is 2470. The van der Waals surface area contributed by atoms with Crippen LogP contribution in [0.15, 0.2) is 78.9 Å². The second-order valence-electron chi connectivity index (χ2n) is 16.5. The standard InChI is InChI=1S/C26H30FNO4.C26H31NO4.2H2/c1-3-31-25(29)9-8-24-26(27)22-15-20(5-7-23(22)28-24)32-16-18-4-6-21(17(2)14-18)19-10-12-30-13-11-19;1-3-30-26(28)9-5-22-15-21-16-23(6-8-25(21)27-22)31-17-19-4-7-24(18(2)14-19)20-10-12-29-13-11-20;;/h4-7,14-15,19,28H,3,8-13,16H2,1-2H3;4,6-8,14-16,20,27H,3,5,9-13,17H2,1-2H3;2*1H. The third kappa shape index (κ3) is 12.3. The number of fused-ring (bicyclic) bond motifs is 2. The molecule has 2 aliphatic rings. The molecular weight excluding hydrogens is 800 g/mol. The number of H-pyrrole nitrogens is 2. The third-order valence-corrected chi connectivity index (χ3v) is 12.0. The smallest absolute Gasteiger partial charge is 0.306 e. The summed E-state index contributed by atoms with van der Waals surface area (Å²) in [6, 6.07) is 26.6. The summed E-state index contributed by atoms with van der Waals surface area (Å²) in [6.45, 7) is 13.0. The third-order valence-electron chi connectivity index (χ3n) is 12.0. The van der Waals surface area contributed by atoms with Crippen LogP contribution in [0.3, 0.4) is 0 Å². The van der Waals surface area contributed by atoms with Gasteiger partial charge in [-0.1, -0.05) is 36.4 Å². The second-order valence-corrected chi connectivity index (χ2v) is 16.5. The van der Waals surface area contributed by atoms with Gasteiger partial charge in [0.15, 0.2) is 5.82 Å². The number of benzene rings is 4. The van der Waals surface area contributed by atoms with E-state index in [-0.39, 0.29) is 33.5 Å². The minimum Gasteiger partial charge on any atom is -0.489 e. The topological polar surface area (TPSA) is 121 Å². The number of ether oxygens (including phenoxy) is 6. The van der Waals surface area contributed by atoms with Crippen LogP contribution in [0.2, 0.25) is 0 Å². The fraction of sp³-hybridized carbons (Fsp3) is 0.423. The summed E-state index contributed by atoms with van der Waals surface area (Å²) < 4.78 is 47.8. The number of rotatable bonds is 16. The molecule has 4 aromatic carbocycles.